The van der Waals surface area contributed by atoms with Crippen molar-refractivity contribution in [1.29, 1.82) is 0 Å². The van der Waals surface area contributed by atoms with E-state index < -0.39 is 0 Å². The maximum absolute atomic E-state index is 12.9. The molecule has 588 valence electrons. The third-order valence-electron chi connectivity index (χ3n) is 19.6. The molecule has 3 aromatic heterocycles. The van der Waals surface area contributed by atoms with E-state index in [1.807, 2.05) is 160 Å². The molecule has 5 amide bonds. The number of Topliss-reactive ketones (excluding diaryl/α,β-unsaturated/α-hetero) is 1. The highest BCUT2D eigenvalue weighted by atomic mass is 35.5. The zero-order valence-electron chi connectivity index (χ0n) is 64.4. The van der Waals surface area contributed by atoms with Gasteiger partial charge in [0.05, 0.1) is 24.2 Å². The van der Waals surface area contributed by atoms with Crippen molar-refractivity contribution in [1.82, 2.24) is 44.6 Å². The van der Waals surface area contributed by atoms with Crippen LogP contribution in [0.1, 0.15) is 68.8 Å². The van der Waals surface area contributed by atoms with Crippen LogP contribution < -0.4 is 40.7 Å². The number of carbonyl (C=O) groups excluding carboxylic acids is 6. The van der Waals surface area contributed by atoms with Gasteiger partial charge in [-0.3, -0.25) is 28.8 Å². The number of piperazine rings is 3. The summed E-state index contributed by atoms with van der Waals surface area (Å²) in [5.74, 6) is 2.37. The third-order valence-corrected chi connectivity index (χ3v) is 20.3. The number of aromatic nitrogens is 6. The number of benzene rings is 9. The molecule has 0 saturated carbocycles. The molecule has 3 aliphatic heterocycles. The van der Waals surface area contributed by atoms with Gasteiger partial charge in [-0.2, -0.15) is 0 Å². The van der Waals surface area contributed by atoms with Crippen LogP contribution in [0.5, 0.6) is 5.75 Å². The molecule has 0 spiro atoms. The van der Waals surface area contributed by atoms with E-state index in [0.29, 0.717) is 102 Å². The van der Waals surface area contributed by atoms with Gasteiger partial charge in [0.15, 0.2) is 0 Å². The van der Waals surface area contributed by atoms with E-state index in [1.165, 1.54) is 13.8 Å². The Bertz CT molecular complexity index is 5400. The summed E-state index contributed by atoms with van der Waals surface area (Å²) in [5.41, 5.74) is 15.8. The molecular formula is C90H85Cl3N16O7. The van der Waals surface area contributed by atoms with Gasteiger partial charge in [0.25, 0.3) is 17.7 Å². The summed E-state index contributed by atoms with van der Waals surface area (Å²) in [7, 11) is 1.60. The first-order valence-electron chi connectivity index (χ1n) is 37.9. The molecule has 0 atom stereocenters. The second-order valence-electron chi connectivity index (χ2n) is 27.9. The standard InChI is InChI=1S/C31H29ClN4O2.C30H30N6O3.C29H26Cl2N6O2/c1-22(37)20-23-2-6-25(7-3-23)29-14-15-33-30(34-29)21-24-4-12-28(13-5-24)35-16-18-36(19-17-35)31(38)26-8-10-27(32)11-9-26;1-21(37)32-24-8-6-22(7-9-24)28-14-15-31-30(34-28)33-25-10-12-26(13-11-25)35-16-18-36(19-17-35)29(38)23-4-3-5-27(20-23)39-2;1-19(38)33-24-4-2-20(3-5-24)27-10-11-32-29(35-27)34-25-6-8-26(9-7-25)36-12-14-37(15-13-36)28(39)21-16-22(30)18-23(31)17-21/h2-15H,16-21H2,1H3;3-15,20H,16-19H2,1-2H3,(H,32,37)(H,31,33,34);2-11,16-18H,12-15H2,1H3,(H,33,38)(H,32,34,35). The molecule has 0 radical (unpaired) electrons. The zero-order valence-corrected chi connectivity index (χ0v) is 66.7. The maximum atomic E-state index is 12.9. The molecule has 23 nitrogen and oxygen atoms in total. The summed E-state index contributed by atoms with van der Waals surface area (Å²) in [6, 6.07) is 72.5. The lowest BCUT2D eigenvalue weighted by Crippen LogP contribution is -2.48. The monoisotopic (exact) mass is 1610 g/mol. The van der Waals surface area contributed by atoms with E-state index in [1.54, 1.807) is 81.2 Å². The van der Waals surface area contributed by atoms with Crippen LogP contribution in [0.4, 0.5) is 51.7 Å². The molecule has 4 N–H and O–H groups in total. The van der Waals surface area contributed by atoms with Crippen LogP contribution in [0, 0.1) is 0 Å². The van der Waals surface area contributed by atoms with E-state index in [2.05, 4.69) is 97.3 Å². The summed E-state index contributed by atoms with van der Waals surface area (Å²) in [6.45, 7) is 13.0. The molecular weight excluding hydrogens is 1520 g/mol. The Balaban J connectivity index is 0.000000151. The SMILES string of the molecule is CC(=O)Cc1ccc(-c2ccnc(Cc3ccc(N4CCN(C(=O)c5ccc(Cl)cc5)CC4)cc3)n2)cc1.CC(=O)Nc1ccc(-c2ccnc(Nc3ccc(N4CCN(C(=O)c5cc(Cl)cc(Cl)c5)CC4)cc3)n2)cc1.COc1cccc(C(=O)N2CCN(c3ccc(Nc4nccc(-c5ccc(NC(C)=O)cc5)n4)cc3)CC2)c1. The van der Waals surface area contributed by atoms with E-state index in [-0.39, 0.29) is 35.3 Å². The number of ether oxygens (including phenoxy) is 1. The number of hydrogen-bond acceptors (Lipinski definition) is 18. The van der Waals surface area contributed by atoms with Crippen molar-refractivity contribution in [3.63, 3.8) is 0 Å². The Morgan fingerprint density at radius 3 is 1.19 bits per heavy atom. The topological polar surface area (TPSA) is 257 Å². The minimum absolute atomic E-state index is 0.0269. The number of methoxy groups -OCH3 is 1. The Morgan fingerprint density at radius 1 is 0.371 bits per heavy atom. The highest BCUT2D eigenvalue weighted by molar-refractivity contribution is 6.35. The second-order valence-corrected chi connectivity index (χ2v) is 29.2. The summed E-state index contributed by atoms with van der Waals surface area (Å²) in [5, 5.41) is 13.6. The Kier molecular flexibility index (Phi) is 27.0. The van der Waals surface area contributed by atoms with Gasteiger partial charge in [0.2, 0.25) is 23.7 Å². The number of amides is 5. The Labute approximate surface area is 688 Å². The molecule has 0 bridgehead atoms. The first-order chi connectivity index (χ1) is 56.3. The Morgan fingerprint density at radius 2 is 0.759 bits per heavy atom. The van der Waals surface area contributed by atoms with Crippen molar-refractivity contribution >= 4 is 122 Å². The lowest BCUT2D eigenvalue weighted by molar-refractivity contribution is -0.116. The molecule has 15 rings (SSSR count). The van der Waals surface area contributed by atoms with Crippen LogP contribution in [0.25, 0.3) is 33.8 Å². The zero-order chi connectivity index (χ0) is 81.0. The van der Waals surface area contributed by atoms with Crippen LogP contribution in [0.3, 0.4) is 0 Å². The summed E-state index contributed by atoms with van der Waals surface area (Å²) in [6.07, 6.45) is 6.30. The molecule has 0 unspecified atom stereocenters. The van der Waals surface area contributed by atoms with Crippen molar-refractivity contribution < 1.29 is 33.5 Å². The number of nitrogens with one attached hydrogen (secondary N) is 4. The van der Waals surface area contributed by atoms with E-state index in [4.69, 9.17) is 44.5 Å². The minimum atomic E-state index is -0.112. The molecule has 26 heteroatoms. The van der Waals surface area contributed by atoms with Gasteiger partial charge in [-0.05, 0) is 182 Å². The summed E-state index contributed by atoms with van der Waals surface area (Å²) in [4.78, 5) is 112. The van der Waals surface area contributed by atoms with Crippen LogP contribution in [0.15, 0.2) is 249 Å². The first-order valence-corrected chi connectivity index (χ1v) is 39.0. The molecule has 116 heavy (non-hydrogen) atoms. The lowest BCUT2D eigenvalue weighted by atomic mass is 10.1. The minimum Gasteiger partial charge on any atom is -0.497 e. The van der Waals surface area contributed by atoms with Gasteiger partial charge in [0.1, 0.15) is 17.4 Å². The number of hydrogen-bond donors (Lipinski definition) is 4. The van der Waals surface area contributed by atoms with Gasteiger partial charge < -0.3 is 55.4 Å². The van der Waals surface area contributed by atoms with E-state index >= 15 is 0 Å². The molecule has 6 heterocycles. The molecule has 9 aromatic carbocycles. The van der Waals surface area contributed by atoms with Crippen LogP contribution in [-0.4, -0.2) is 166 Å². The maximum Gasteiger partial charge on any atom is 0.254 e. The van der Waals surface area contributed by atoms with Crippen molar-refractivity contribution in [2.45, 2.75) is 33.6 Å². The van der Waals surface area contributed by atoms with Gasteiger partial charge in [0, 0.05) is 212 Å². The van der Waals surface area contributed by atoms with Crippen molar-refractivity contribution in [3.8, 4) is 39.5 Å². The van der Waals surface area contributed by atoms with Gasteiger partial charge >= 0.3 is 0 Å². The first kappa shape index (κ1) is 80.9. The van der Waals surface area contributed by atoms with Crippen LogP contribution in [0.2, 0.25) is 15.1 Å². The van der Waals surface area contributed by atoms with E-state index in [9.17, 15) is 28.8 Å². The van der Waals surface area contributed by atoms with Gasteiger partial charge in [-0.25, -0.2) is 29.9 Å². The fourth-order valence-electron chi connectivity index (χ4n) is 13.6. The van der Waals surface area contributed by atoms with Crippen LogP contribution in [-0.2, 0) is 27.2 Å². The average molecular weight is 1610 g/mol. The highest BCUT2D eigenvalue weighted by Gasteiger charge is 2.27. The number of nitrogens with zero attached hydrogens (tertiary/aromatic N) is 12. The number of carbonyl (C=O) groups is 6. The van der Waals surface area contributed by atoms with Crippen molar-refractivity contribution in [2.75, 3.05) is 122 Å². The quantitative estimate of drug-likeness (QED) is 0.0553. The van der Waals surface area contributed by atoms with Gasteiger partial charge in [-0.15, -0.1) is 0 Å². The molecule has 0 aliphatic carbocycles. The number of rotatable bonds is 20. The number of halogens is 3. The van der Waals surface area contributed by atoms with Crippen LogP contribution >= 0.6 is 34.8 Å². The van der Waals surface area contributed by atoms with Crippen molar-refractivity contribution in [2.24, 2.45) is 0 Å². The lowest BCUT2D eigenvalue weighted by Gasteiger charge is -2.36. The fourth-order valence-corrected chi connectivity index (χ4v) is 14.2. The summed E-state index contributed by atoms with van der Waals surface area (Å²) >= 11 is 18.1. The fraction of sp³-hybridized carbons (Fsp3) is 0.200. The smallest absolute Gasteiger partial charge is 0.254 e. The number of anilines is 9. The second kappa shape index (κ2) is 38.6. The highest BCUT2D eigenvalue weighted by Crippen LogP contribution is 2.30. The average Bonchev–Trinajstić information content (AvgIpc) is 0.828. The third kappa shape index (κ3) is 22.2. The van der Waals surface area contributed by atoms with Crippen molar-refractivity contribution in [3.05, 3.63) is 298 Å². The molecule has 3 fully saturated rings. The summed E-state index contributed by atoms with van der Waals surface area (Å²) < 4.78 is 5.25. The predicted octanol–water partition coefficient (Wildman–Crippen LogP) is 16.4. The molecule has 3 saturated heterocycles. The Hall–Kier alpha value is -13.1. The van der Waals surface area contributed by atoms with Gasteiger partial charge in [-0.1, -0.05) is 102 Å². The normalized spacial score (nSPS) is 13.2. The molecule has 3 aliphatic rings. The molecule has 12 aromatic rings. The number of ketones is 1. The predicted molar refractivity (Wildman–Crippen MR) is 459 cm³/mol. The van der Waals surface area contributed by atoms with E-state index in [0.717, 1.165) is 130 Å². The largest absolute Gasteiger partial charge is 0.497 e.